The number of carboxylic acids is 1. The first kappa shape index (κ1) is 17.6. The normalized spacial score (nSPS) is 20.1. The van der Waals surface area contributed by atoms with Crippen LogP contribution in [-0.2, 0) is 11.2 Å². The summed E-state index contributed by atoms with van der Waals surface area (Å²) in [5, 5.41) is 11.1. The molecule has 1 aromatic carbocycles. The van der Waals surface area contributed by atoms with Gasteiger partial charge in [-0.1, -0.05) is 17.7 Å². The number of amides is 1. The number of carbonyl (C=O) groups excluding carboxylic acids is 1. The molecule has 2 heterocycles. The topological polar surface area (TPSA) is 69.6 Å². The molecule has 5 nitrogen and oxygen atoms in total. The van der Waals surface area contributed by atoms with E-state index in [1.165, 1.54) is 0 Å². The summed E-state index contributed by atoms with van der Waals surface area (Å²) in [6.45, 7) is 2.58. The molecule has 0 aromatic heterocycles. The maximum atomic E-state index is 12.2. The highest BCUT2D eigenvalue weighted by Gasteiger charge is 2.38. The van der Waals surface area contributed by atoms with Crippen molar-refractivity contribution in [2.24, 2.45) is 0 Å². The van der Waals surface area contributed by atoms with E-state index in [9.17, 15) is 18.0 Å². The Morgan fingerprint density at radius 1 is 1.39 bits per heavy atom. The number of alkyl halides is 3. The molecule has 0 unspecified atom stereocenters. The zero-order valence-corrected chi connectivity index (χ0v) is 12.6. The van der Waals surface area contributed by atoms with Gasteiger partial charge in [-0.15, -0.1) is 0 Å². The predicted octanol–water partition coefficient (Wildman–Crippen LogP) is 1.94. The van der Waals surface area contributed by atoms with Crippen molar-refractivity contribution in [1.29, 1.82) is 0 Å². The Morgan fingerprint density at radius 2 is 2.04 bits per heavy atom. The molecule has 0 aliphatic carbocycles. The van der Waals surface area contributed by atoms with Crippen LogP contribution in [0.4, 0.5) is 13.2 Å². The van der Waals surface area contributed by atoms with Gasteiger partial charge in [0.1, 0.15) is 0 Å². The van der Waals surface area contributed by atoms with Gasteiger partial charge >= 0.3 is 12.1 Å². The van der Waals surface area contributed by atoms with Crippen molar-refractivity contribution in [3.8, 4) is 0 Å². The Kier molecular flexibility index (Phi) is 5.16. The molecule has 0 spiro atoms. The number of carboxylic acid groups (broad SMARTS) is 1. The maximum Gasteiger partial charge on any atom is 0.490 e. The van der Waals surface area contributed by atoms with E-state index in [1.807, 2.05) is 17.0 Å². The minimum Gasteiger partial charge on any atom is -0.475 e. The molecule has 126 valence electrons. The molecule has 1 aromatic rings. The number of benzene rings is 1. The molecule has 3 rings (SSSR count). The first-order valence-corrected chi connectivity index (χ1v) is 7.18. The van der Waals surface area contributed by atoms with Crippen molar-refractivity contribution in [2.75, 3.05) is 19.6 Å². The molecule has 1 saturated heterocycles. The Labute approximate surface area is 135 Å². The van der Waals surface area contributed by atoms with Crippen LogP contribution in [0.25, 0.3) is 0 Å². The van der Waals surface area contributed by atoms with Crippen LogP contribution in [0.3, 0.4) is 0 Å². The summed E-state index contributed by atoms with van der Waals surface area (Å²) in [6, 6.07) is 5.94. The molecule has 1 fully saturated rings. The van der Waals surface area contributed by atoms with Gasteiger partial charge in [0.25, 0.3) is 5.91 Å². The third-order valence-electron chi connectivity index (χ3n) is 3.61. The number of hydrogen-bond acceptors (Lipinski definition) is 3. The third-order valence-corrected chi connectivity index (χ3v) is 3.85. The fourth-order valence-electron chi connectivity index (χ4n) is 2.55. The van der Waals surface area contributed by atoms with E-state index in [-0.39, 0.29) is 5.91 Å². The fourth-order valence-corrected chi connectivity index (χ4v) is 2.72. The summed E-state index contributed by atoms with van der Waals surface area (Å²) in [5.74, 6) is -2.62. The average Bonchev–Trinajstić information content (AvgIpc) is 2.48. The lowest BCUT2D eigenvalue weighted by molar-refractivity contribution is -0.192. The van der Waals surface area contributed by atoms with Gasteiger partial charge in [-0.25, -0.2) is 4.79 Å². The highest BCUT2D eigenvalue weighted by Crippen LogP contribution is 2.26. The monoisotopic (exact) mass is 350 g/mol. The van der Waals surface area contributed by atoms with Crippen LogP contribution >= 0.6 is 11.6 Å². The lowest BCUT2D eigenvalue weighted by Crippen LogP contribution is -2.56. The van der Waals surface area contributed by atoms with Crippen LogP contribution in [0.15, 0.2) is 18.2 Å². The molecule has 0 bridgehead atoms. The smallest absolute Gasteiger partial charge is 0.475 e. The van der Waals surface area contributed by atoms with E-state index >= 15 is 0 Å². The summed E-state index contributed by atoms with van der Waals surface area (Å²) in [6.07, 6.45) is -4.15. The molecule has 0 saturated carbocycles. The number of halogens is 4. The van der Waals surface area contributed by atoms with Crippen LogP contribution in [-0.4, -0.2) is 53.7 Å². The molecular formula is C14H14ClF3N2O3. The summed E-state index contributed by atoms with van der Waals surface area (Å²) in [4.78, 5) is 23.1. The van der Waals surface area contributed by atoms with Crippen molar-refractivity contribution < 1.29 is 27.9 Å². The second-order valence-corrected chi connectivity index (χ2v) is 5.60. The SMILES string of the molecule is O=C(O)C(F)(F)F.O=C1c2cc(Cl)ccc2C[C@@H]2CNCCN12. The van der Waals surface area contributed by atoms with Crippen LogP contribution < -0.4 is 5.32 Å². The molecule has 9 heteroatoms. The Bertz CT molecular complexity index is 622. The number of carbonyl (C=O) groups is 2. The van der Waals surface area contributed by atoms with Crippen molar-refractivity contribution in [3.05, 3.63) is 34.3 Å². The summed E-state index contributed by atoms with van der Waals surface area (Å²) < 4.78 is 31.7. The van der Waals surface area contributed by atoms with Crippen LogP contribution in [0.2, 0.25) is 5.02 Å². The first-order valence-electron chi connectivity index (χ1n) is 6.80. The Hall–Kier alpha value is -1.80. The standard InChI is InChI=1S/C12H13ClN2O.C2HF3O2/c13-9-2-1-8-5-10-7-14-3-4-15(10)12(16)11(8)6-9;3-2(4,5)1(6)7/h1-2,6,10,14H,3-5,7H2;(H,6,7)/t10-;/m1./s1. The highest BCUT2D eigenvalue weighted by atomic mass is 35.5. The van der Waals surface area contributed by atoms with E-state index in [0.29, 0.717) is 11.1 Å². The molecule has 1 atom stereocenters. The second-order valence-electron chi connectivity index (χ2n) is 5.16. The molecule has 2 aliphatic rings. The molecule has 0 radical (unpaired) electrons. The largest absolute Gasteiger partial charge is 0.490 e. The number of nitrogens with zero attached hydrogens (tertiary/aromatic N) is 1. The Balaban J connectivity index is 0.000000236. The summed E-state index contributed by atoms with van der Waals surface area (Å²) >= 11 is 5.93. The van der Waals surface area contributed by atoms with Gasteiger partial charge in [0.15, 0.2) is 0 Å². The van der Waals surface area contributed by atoms with Crippen molar-refractivity contribution in [3.63, 3.8) is 0 Å². The molecule has 2 aliphatic heterocycles. The third kappa shape index (κ3) is 4.14. The van der Waals surface area contributed by atoms with E-state index < -0.39 is 12.1 Å². The highest BCUT2D eigenvalue weighted by molar-refractivity contribution is 6.31. The van der Waals surface area contributed by atoms with Gasteiger partial charge in [0.2, 0.25) is 0 Å². The van der Waals surface area contributed by atoms with E-state index in [0.717, 1.165) is 37.2 Å². The number of hydrogen-bond donors (Lipinski definition) is 2. The Morgan fingerprint density at radius 3 is 2.65 bits per heavy atom. The van der Waals surface area contributed by atoms with E-state index in [1.54, 1.807) is 6.07 Å². The number of nitrogens with one attached hydrogen (secondary N) is 1. The van der Waals surface area contributed by atoms with Crippen molar-refractivity contribution in [1.82, 2.24) is 10.2 Å². The number of rotatable bonds is 0. The van der Waals surface area contributed by atoms with Crippen LogP contribution in [0, 0.1) is 0 Å². The van der Waals surface area contributed by atoms with Crippen molar-refractivity contribution in [2.45, 2.75) is 18.6 Å². The summed E-state index contributed by atoms with van der Waals surface area (Å²) in [7, 11) is 0. The molecular weight excluding hydrogens is 337 g/mol. The first-order chi connectivity index (χ1) is 10.7. The maximum absolute atomic E-state index is 12.2. The fraction of sp³-hybridized carbons (Fsp3) is 0.429. The van der Waals surface area contributed by atoms with Crippen LogP contribution in [0.1, 0.15) is 15.9 Å². The van der Waals surface area contributed by atoms with Gasteiger partial charge in [0.05, 0.1) is 0 Å². The van der Waals surface area contributed by atoms with E-state index in [2.05, 4.69) is 5.32 Å². The summed E-state index contributed by atoms with van der Waals surface area (Å²) in [5.41, 5.74) is 1.91. The van der Waals surface area contributed by atoms with Crippen molar-refractivity contribution >= 4 is 23.5 Å². The van der Waals surface area contributed by atoms with Crippen LogP contribution in [0.5, 0.6) is 0 Å². The van der Waals surface area contributed by atoms with Gasteiger partial charge in [-0.3, -0.25) is 4.79 Å². The van der Waals surface area contributed by atoms with Gasteiger partial charge < -0.3 is 15.3 Å². The number of piperazine rings is 1. The second kappa shape index (κ2) is 6.76. The number of fused-ring (bicyclic) bond motifs is 2. The lowest BCUT2D eigenvalue weighted by atomic mass is 9.92. The minimum atomic E-state index is -5.08. The van der Waals surface area contributed by atoms with E-state index in [4.69, 9.17) is 21.5 Å². The lowest BCUT2D eigenvalue weighted by Gasteiger charge is -2.40. The number of aliphatic carboxylic acids is 1. The quantitative estimate of drug-likeness (QED) is 0.750. The molecule has 1 amide bonds. The van der Waals surface area contributed by atoms with Gasteiger partial charge in [0, 0.05) is 36.3 Å². The zero-order chi connectivity index (χ0) is 17.2. The minimum absolute atomic E-state index is 0.134. The average molecular weight is 351 g/mol. The molecule has 23 heavy (non-hydrogen) atoms. The molecule has 2 N–H and O–H groups in total. The predicted molar refractivity (Wildman–Crippen MR) is 76.5 cm³/mol. The zero-order valence-electron chi connectivity index (χ0n) is 11.9. The van der Waals surface area contributed by atoms with Gasteiger partial charge in [-0.05, 0) is 24.1 Å². The van der Waals surface area contributed by atoms with Gasteiger partial charge in [-0.2, -0.15) is 13.2 Å².